The van der Waals surface area contributed by atoms with Crippen molar-refractivity contribution in [3.63, 3.8) is 0 Å². The van der Waals surface area contributed by atoms with Crippen LogP contribution in [0.1, 0.15) is 34.8 Å². The zero-order valence-electron chi connectivity index (χ0n) is 19.0. The van der Waals surface area contributed by atoms with Crippen LogP contribution in [0, 0.1) is 19.7 Å². The third kappa shape index (κ3) is 4.95. The molecule has 0 saturated heterocycles. The number of amides is 1. The van der Waals surface area contributed by atoms with E-state index in [1.165, 1.54) is 40.7 Å². The molecule has 0 aliphatic rings. The van der Waals surface area contributed by atoms with Crippen LogP contribution < -0.4 is 9.52 Å². The molecule has 1 heterocycles. The van der Waals surface area contributed by atoms with Gasteiger partial charge in [0, 0.05) is 17.8 Å². The summed E-state index contributed by atoms with van der Waals surface area (Å²) in [5, 5.41) is 0. The van der Waals surface area contributed by atoms with Gasteiger partial charge in [-0.1, -0.05) is 24.3 Å². The number of aryl methyl sites for hydroxylation is 3. The first-order chi connectivity index (χ1) is 16.2. The van der Waals surface area contributed by atoms with E-state index in [1.807, 2.05) is 4.57 Å². The number of hydrogen-bond donors (Lipinski definition) is 1. The minimum absolute atomic E-state index is 0.0770. The topological polar surface area (TPSA) is 80.5 Å². The summed E-state index contributed by atoms with van der Waals surface area (Å²) >= 11 is 1.46. The average Bonchev–Trinajstić information content (AvgIpc) is 3.10. The number of carbonyl (C=O) groups is 1. The SMILES string of the molecule is CCCn1c(=NC(=O)c2cccc(NS(=O)(=O)c3ccc(F)cc3)c2)sc2cc(C)c(C)cc21. The molecule has 1 amide bonds. The summed E-state index contributed by atoms with van der Waals surface area (Å²) in [5.41, 5.74) is 3.87. The van der Waals surface area contributed by atoms with Crippen molar-refractivity contribution in [1.82, 2.24) is 4.57 Å². The lowest BCUT2D eigenvalue weighted by atomic mass is 10.1. The Morgan fingerprint density at radius 1 is 1.06 bits per heavy atom. The Labute approximate surface area is 201 Å². The molecule has 0 aliphatic heterocycles. The molecule has 3 aromatic carbocycles. The van der Waals surface area contributed by atoms with Crippen molar-refractivity contribution in [2.24, 2.45) is 4.99 Å². The minimum atomic E-state index is -3.93. The predicted octanol–water partition coefficient (Wildman–Crippen LogP) is 5.41. The molecular formula is C25H24FN3O3S2. The molecule has 0 saturated carbocycles. The second-order valence-corrected chi connectivity index (χ2v) is 10.7. The third-order valence-electron chi connectivity index (χ3n) is 5.43. The fourth-order valence-electron chi connectivity index (χ4n) is 3.54. The van der Waals surface area contributed by atoms with Crippen molar-refractivity contribution in [2.75, 3.05) is 4.72 Å². The zero-order valence-corrected chi connectivity index (χ0v) is 20.6. The largest absolute Gasteiger partial charge is 0.316 e. The molecular weight excluding hydrogens is 473 g/mol. The number of carbonyl (C=O) groups excluding carboxylic acids is 1. The molecule has 0 radical (unpaired) electrons. The number of nitrogens with one attached hydrogen (secondary N) is 1. The maximum Gasteiger partial charge on any atom is 0.279 e. The van der Waals surface area contributed by atoms with Crippen molar-refractivity contribution in [3.05, 3.63) is 88.0 Å². The van der Waals surface area contributed by atoms with Crippen LogP contribution in [0.4, 0.5) is 10.1 Å². The fraction of sp³-hybridized carbons (Fsp3) is 0.200. The number of anilines is 1. The monoisotopic (exact) mass is 497 g/mol. The van der Waals surface area contributed by atoms with Gasteiger partial charge in [0.05, 0.1) is 15.1 Å². The van der Waals surface area contributed by atoms with Gasteiger partial charge < -0.3 is 4.57 Å². The Hall–Kier alpha value is -3.30. The van der Waals surface area contributed by atoms with Gasteiger partial charge in [-0.15, -0.1) is 0 Å². The quantitative estimate of drug-likeness (QED) is 0.387. The number of benzene rings is 3. The lowest BCUT2D eigenvalue weighted by Gasteiger charge is -2.09. The van der Waals surface area contributed by atoms with Crippen molar-refractivity contribution in [2.45, 2.75) is 38.6 Å². The van der Waals surface area contributed by atoms with E-state index in [9.17, 15) is 17.6 Å². The molecule has 9 heteroatoms. The van der Waals surface area contributed by atoms with Crippen LogP contribution in [0.25, 0.3) is 10.2 Å². The number of aromatic nitrogens is 1. The summed E-state index contributed by atoms with van der Waals surface area (Å²) in [5.74, 6) is -0.993. The Morgan fingerprint density at radius 2 is 1.76 bits per heavy atom. The van der Waals surface area contributed by atoms with Gasteiger partial charge in [-0.3, -0.25) is 9.52 Å². The van der Waals surface area contributed by atoms with Gasteiger partial charge >= 0.3 is 0 Å². The Balaban J connectivity index is 1.68. The lowest BCUT2D eigenvalue weighted by molar-refractivity contribution is 0.0998. The van der Waals surface area contributed by atoms with Gasteiger partial charge in [-0.05, 0) is 86.0 Å². The van der Waals surface area contributed by atoms with Crippen molar-refractivity contribution < 1.29 is 17.6 Å². The van der Waals surface area contributed by atoms with Gasteiger partial charge in [0.1, 0.15) is 5.82 Å². The molecule has 0 unspecified atom stereocenters. The molecule has 0 spiro atoms. The van der Waals surface area contributed by atoms with E-state index in [2.05, 4.69) is 42.6 Å². The molecule has 0 fully saturated rings. The number of thiazole rings is 1. The number of nitrogens with zero attached hydrogens (tertiary/aromatic N) is 2. The highest BCUT2D eigenvalue weighted by Crippen LogP contribution is 2.23. The van der Waals surface area contributed by atoms with Gasteiger partial charge in [-0.2, -0.15) is 4.99 Å². The van der Waals surface area contributed by atoms with E-state index >= 15 is 0 Å². The van der Waals surface area contributed by atoms with E-state index in [4.69, 9.17) is 0 Å². The van der Waals surface area contributed by atoms with E-state index < -0.39 is 21.7 Å². The van der Waals surface area contributed by atoms with Crippen molar-refractivity contribution in [1.29, 1.82) is 0 Å². The Morgan fingerprint density at radius 3 is 2.47 bits per heavy atom. The lowest BCUT2D eigenvalue weighted by Crippen LogP contribution is -2.17. The van der Waals surface area contributed by atoms with E-state index in [-0.39, 0.29) is 16.1 Å². The smallest absolute Gasteiger partial charge is 0.279 e. The number of halogens is 1. The van der Waals surface area contributed by atoms with Gasteiger partial charge in [0.25, 0.3) is 15.9 Å². The van der Waals surface area contributed by atoms with Crippen LogP contribution in [0.3, 0.4) is 0 Å². The van der Waals surface area contributed by atoms with Gasteiger partial charge in [0.2, 0.25) is 0 Å². The summed E-state index contributed by atoms with van der Waals surface area (Å²) in [6.07, 6.45) is 0.890. The van der Waals surface area contributed by atoms with Crippen LogP contribution >= 0.6 is 11.3 Å². The second-order valence-electron chi connectivity index (χ2n) is 8.00. The molecule has 4 rings (SSSR count). The highest BCUT2D eigenvalue weighted by molar-refractivity contribution is 7.92. The fourth-order valence-corrected chi connectivity index (χ4v) is 5.73. The number of rotatable bonds is 6. The molecule has 176 valence electrons. The molecule has 34 heavy (non-hydrogen) atoms. The second kappa shape index (κ2) is 9.52. The molecule has 1 N–H and O–H groups in total. The summed E-state index contributed by atoms with van der Waals surface area (Å²) in [6, 6.07) is 14.9. The van der Waals surface area contributed by atoms with Crippen LogP contribution in [-0.2, 0) is 16.6 Å². The maximum absolute atomic E-state index is 13.1. The highest BCUT2D eigenvalue weighted by Gasteiger charge is 2.16. The summed E-state index contributed by atoms with van der Waals surface area (Å²) in [6.45, 7) is 6.91. The molecule has 1 aromatic heterocycles. The zero-order chi connectivity index (χ0) is 24.5. The van der Waals surface area contributed by atoms with Gasteiger partial charge in [0.15, 0.2) is 4.80 Å². The van der Waals surface area contributed by atoms with Crippen LogP contribution in [0.5, 0.6) is 0 Å². The summed E-state index contributed by atoms with van der Waals surface area (Å²) in [4.78, 5) is 17.9. The molecule has 0 atom stereocenters. The highest BCUT2D eigenvalue weighted by atomic mass is 32.2. The molecule has 4 aromatic rings. The first-order valence-corrected chi connectivity index (χ1v) is 13.1. The number of hydrogen-bond acceptors (Lipinski definition) is 4. The average molecular weight is 498 g/mol. The van der Waals surface area contributed by atoms with E-state index in [0.29, 0.717) is 4.80 Å². The Kier molecular flexibility index (Phi) is 6.67. The van der Waals surface area contributed by atoms with Crippen LogP contribution in [0.2, 0.25) is 0 Å². The predicted molar refractivity (Wildman–Crippen MR) is 133 cm³/mol. The third-order valence-corrected chi connectivity index (χ3v) is 7.87. The number of fused-ring (bicyclic) bond motifs is 1. The number of sulfonamides is 1. The molecule has 0 bridgehead atoms. The molecule has 0 aliphatic carbocycles. The maximum atomic E-state index is 13.1. The summed E-state index contributed by atoms with van der Waals surface area (Å²) in [7, 11) is -3.93. The Bertz CT molecular complexity index is 1550. The first kappa shape index (κ1) is 23.8. The minimum Gasteiger partial charge on any atom is -0.316 e. The van der Waals surface area contributed by atoms with Crippen LogP contribution in [0.15, 0.2) is 70.6 Å². The van der Waals surface area contributed by atoms with Crippen LogP contribution in [-0.4, -0.2) is 18.9 Å². The molecule has 6 nitrogen and oxygen atoms in total. The van der Waals surface area contributed by atoms with Crippen molar-refractivity contribution >= 4 is 43.2 Å². The standard InChI is InChI=1S/C25H24FN3O3S2/c1-4-12-29-22-13-16(2)17(3)14-23(22)33-25(29)27-24(30)18-6-5-7-20(15-18)28-34(31,32)21-10-8-19(26)9-11-21/h5-11,13-15,28H,4,12H2,1-3H3. The van der Waals surface area contributed by atoms with E-state index in [0.717, 1.165) is 35.3 Å². The van der Waals surface area contributed by atoms with Crippen molar-refractivity contribution in [3.8, 4) is 0 Å². The first-order valence-electron chi connectivity index (χ1n) is 10.8. The normalized spacial score (nSPS) is 12.3. The van der Waals surface area contributed by atoms with E-state index in [1.54, 1.807) is 18.2 Å². The van der Waals surface area contributed by atoms with Gasteiger partial charge in [-0.25, -0.2) is 12.8 Å². The summed E-state index contributed by atoms with van der Waals surface area (Å²) < 4.78 is 43.9.